The molecule has 34 heavy (non-hydrogen) atoms. The maximum atomic E-state index is 13.3. The number of hydrogen-bond acceptors (Lipinski definition) is 7. The fourth-order valence-corrected chi connectivity index (χ4v) is 4.64. The summed E-state index contributed by atoms with van der Waals surface area (Å²) in [5.74, 6) is -0.454. The molecule has 2 amide bonds. The zero-order valence-electron chi connectivity index (χ0n) is 20.7. The number of carbonyl (C=O) groups is 2. The molecule has 5 atom stereocenters. The number of methoxy groups -OCH3 is 2. The third kappa shape index (κ3) is 5.87. The van der Waals surface area contributed by atoms with Gasteiger partial charge in [0.05, 0.1) is 48.0 Å². The Balaban J connectivity index is 1.93. The standard InChI is InChI=1S/C25H35N3O6/c1-16-22(32-5)14-28(3)25(30)19-12-17(13-26)6-8-20(19)33-11-10-18-7-9-21(31-4)23(34-18)15-27(2)24(16)29/h6,8,12,16,18,21-23H,7,9-11,14-15H2,1-5H3/t16-,18-,21-,22+,23+/m0/s1. The third-order valence-corrected chi connectivity index (χ3v) is 6.77. The molecule has 0 aromatic heterocycles. The molecule has 1 fully saturated rings. The van der Waals surface area contributed by atoms with Gasteiger partial charge in [0, 0.05) is 47.8 Å². The molecule has 1 aromatic rings. The summed E-state index contributed by atoms with van der Waals surface area (Å²) in [4.78, 5) is 29.7. The second-order valence-electron chi connectivity index (χ2n) is 9.08. The molecule has 9 nitrogen and oxygen atoms in total. The van der Waals surface area contributed by atoms with Gasteiger partial charge in [-0.2, -0.15) is 5.26 Å². The first-order valence-corrected chi connectivity index (χ1v) is 11.7. The highest BCUT2D eigenvalue weighted by Gasteiger charge is 2.35. The van der Waals surface area contributed by atoms with Crippen molar-refractivity contribution in [2.45, 2.75) is 50.6 Å². The number of ether oxygens (including phenoxy) is 4. The number of hydrogen-bond donors (Lipinski definition) is 0. The Kier molecular flexibility index (Phi) is 8.89. The smallest absolute Gasteiger partial charge is 0.257 e. The summed E-state index contributed by atoms with van der Waals surface area (Å²) in [6.07, 6.45) is 1.39. The van der Waals surface area contributed by atoms with Crippen LogP contribution in [-0.4, -0.2) is 94.0 Å². The topological polar surface area (TPSA) is 101 Å². The predicted octanol–water partition coefficient (Wildman–Crippen LogP) is 2.08. The first-order valence-electron chi connectivity index (χ1n) is 11.7. The van der Waals surface area contributed by atoms with Crippen LogP contribution in [0.2, 0.25) is 0 Å². The maximum absolute atomic E-state index is 13.3. The molecule has 3 rings (SSSR count). The van der Waals surface area contributed by atoms with Crippen LogP contribution in [0, 0.1) is 17.2 Å². The van der Waals surface area contributed by atoms with E-state index in [1.807, 2.05) is 0 Å². The lowest BCUT2D eigenvalue weighted by Crippen LogP contribution is -2.50. The van der Waals surface area contributed by atoms with Gasteiger partial charge in [-0.25, -0.2) is 0 Å². The molecular weight excluding hydrogens is 438 g/mol. The van der Waals surface area contributed by atoms with Gasteiger partial charge in [-0.05, 0) is 31.0 Å². The zero-order chi connectivity index (χ0) is 24.8. The number of nitriles is 1. The molecule has 0 radical (unpaired) electrons. The van der Waals surface area contributed by atoms with Crippen LogP contribution in [0.5, 0.6) is 5.75 Å². The van der Waals surface area contributed by atoms with Crippen molar-refractivity contribution >= 4 is 11.8 Å². The molecule has 2 bridgehead atoms. The van der Waals surface area contributed by atoms with Gasteiger partial charge in [-0.1, -0.05) is 6.92 Å². The number of benzene rings is 1. The molecule has 0 aliphatic carbocycles. The maximum Gasteiger partial charge on any atom is 0.257 e. The largest absolute Gasteiger partial charge is 0.493 e. The predicted molar refractivity (Wildman–Crippen MR) is 125 cm³/mol. The van der Waals surface area contributed by atoms with Crippen molar-refractivity contribution in [3.05, 3.63) is 29.3 Å². The fraction of sp³-hybridized carbons (Fsp3) is 0.640. The quantitative estimate of drug-likeness (QED) is 0.648. The molecule has 2 aliphatic heterocycles. The van der Waals surface area contributed by atoms with Gasteiger partial charge in [0.1, 0.15) is 11.9 Å². The summed E-state index contributed by atoms with van der Waals surface area (Å²) in [6, 6.07) is 6.90. The summed E-state index contributed by atoms with van der Waals surface area (Å²) in [7, 11) is 6.61. The number of carbonyl (C=O) groups excluding carboxylic acids is 2. The minimum absolute atomic E-state index is 0.0443. The monoisotopic (exact) mass is 473 g/mol. The van der Waals surface area contributed by atoms with Crippen molar-refractivity contribution in [1.29, 1.82) is 5.26 Å². The molecule has 0 saturated carbocycles. The molecule has 0 spiro atoms. The van der Waals surface area contributed by atoms with E-state index in [1.165, 1.54) is 18.1 Å². The van der Waals surface area contributed by atoms with E-state index in [-0.39, 0.29) is 36.7 Å². The average Bonchev–Trinajstić information content (AvgIpc) is 2.85. The van der Waals surface area contributed by atoms with E-state index in [2.05, 4.69) is 6.07 Å². The van der Waals surface area contributed by atoms with Crippen LogP contribution in [0.3, 0.4) is 0 Å². The molecule has 2 aliphatic rings. The van der Waals surface area contributed by atoms with E-state index in [9.17, 15) is 14.9 Å². The SMILES string of the molecule is CO[C@H]1CC[C@H]2CCOc3ccc(C#N)cc3C(=O)N(C)C[C@@H](OC)[C@H](C)C(=O)N(C)C[C@H]1O2. The number of amides is 2. The van der Waals surface area contributed by atoms with E-state index < -0.39 is 12.0 Å². The van der Waals surface area contributed by atoms with Gasteiger partial charge in [-0.15, -0.1) is 0 Å². The number of likely N-dealkylation sites (N-methyl/N-ethyl adjacent to an activating group) is 2. The number of nitrogens with zero attached hydrogens (tertiary/aromatic N) is 3. The van der Waals surface area contributed by atoms with E-state index in [0.29, 0.717) is 36.4 Å². The second-order valence-corrected chi connectivity index (χ2v) is 9.08. The van der Waals surface area contributed by atoms with Gasteiger partial charge < -0.3 is 28.7 Å². The van der Waals surface area contributed by atoms with Crippen molar-refractivity contribution in [2.24, 2.45) is 5.92 Å². The molecule has 186 valence electrons. The van der Waals surface area contributed by atoms with Crippen LogP contribution in [0.25, 0.3) is 0 Å². The molecule has 0 N–H and O–H groups in total. The number of fused-ring (bicyclic) bond motifs is 3. The van der Waals surface area contributed by atoms with Crippen LogP contribution < -0.4 is 4.74 Å². The average molecular weight is 474 g/mol. The summed E-state index contributed by atoms with van der Waals surface area (Å²) < 4.78 is 23.6. The normalized spacial score (nSPS) is 29.2. The zero-order valence-corrected chi connectivity index (χ0v) is 20.7. The highest BCUT2D eigenvalue weighted by molar-refractivity contribution is 5.97. The molecule has 2 heterocycles. The minimum Gasteiger partial charge on any atom is -0.493 e. The molecule has 1 saturated heterocycles. The number of rotatable bonds is 2. The highest BCUT2D eigenvalue weighted by Crippen LogP contribution is 2.27. The Hall–Kier alpha value is -2.67. The van der Waals surface area contributed by atoms with E-state index >= 15 is 0 Å². The second kappa shape index (κ2) is 11.6. The van der Waals surface area contributed by atoms with E-state index in [1.54, 1.807) is 45.2 Å². The lowest BCUT2D eigenvalue weighted by Gasteiger charge is -2.38. The first-order chi connectivity index (χ1) is 16.3. The summed E-state index contributed by atoms with van der Waals surface area (Å²) in [5, 5.41) is 9.33. The van der Waals surface area contributed by atoms with E-state index in [0.717, 1.165) is 12.8 Å². The Bertz CT molecular complexity index is 916. The van der Waals surface area contributed by atoms with Gasteiger partial charge in [0.15, 0.2) is 0 Å². The summed E-state index contributed by atoms with van der Waals surface area (Å²) >= 11 is 0. The minimum atomic E-state index is -0.515. The highest BCUT2D eigenvalue weighted by atomic mass is 16.5. The lowest BCUT2D eigenvalue weighted by atomic mass is 9.97. The summed E-state index contributed by atoms with van der Waals surface area (Å²) in [5.41, 5.74) is 0.678. The van der Waals surface area contributed by atoms with E-state index in [4.69, 9.17) is 18.9 Å². The van der Waals surface area contributed by atoms with Crippen LogP contribution in [0.15, 0.2) is 18.2 Å². The van der Waals surface area contributed by atoms with Crippen molar-refractivity contribution in [2.75, 3.05) is 48.0 Å². The van der Waals surface area contributed by atoms with Gasteiger partial charge >= 0.3 is 0 Å². The van der Waals surface area contributed by atoms with Gasteiger partial charge in [0.2, 0.25) is 5.91 Å². The van der Waals surface area contributed by atoms with Gasteiger partial charge in [0.25, 0.3) is 5.91 Å². The Morgan fingerprint density at radius 2 is 1.76 bits per heavy atom. The van der Waals surface area contributed by atoms with Crippen LogP contribution in [0.1, 0.15) is 42.1 Å². The Labute approximate surface area is 201 Å². The van der Waals surface area contributed by atoms with Crippen molar-refractivity contribution < 1.29 is 28.5 Å². The molecular formula is C25H35N3O6. The Morgan fingerprint density at radius 1 is 1.03 bits per heavy atom. The van der Waals surface area contributed by atoms with Crippen molar-refractivity contribution in [3.8, 4) is 11.8 Å². The van der Waals surface area contributed by atoms with Crippen LogP contribution >= 0.6 is 0 Å². The Morgan fingerprint density at radius 3 is 2.44 bits per heavy atom. The third-order valence-electron chi connectivity index (χ3n) is 6.77. The fourth-order valence-electron chi connectivity index (χ4n) is 4.64. The molecule has 1 aromatic carbocycles. The summed E-state index contributed by atoms with van der Waals surface area (Å²) in [6.45, 7) is 2.77. The van der Waals surface area contributed by atoms with Crippen molar-refractivity contribution in [3.63, 3.8) is 0 Å². The lowest BCUT2D eigenvalue weighted by molar-refractivity contribution is -0.154. The first kappa shape index (κ1) is 25.9. The van der Waals surface area contributed by atoms with Crippen molar-refractivity contribution in [1.82, 2.24) is 9.80 Å². The molecule has 0 unspecified atom stereocenters. The van der Waals surface area contributed by atoms with Crippen LogP contribution in [0.4, 0.5) is 0 Å². The van der Waals surface area contributed by atoms with Crippen LogP contribution in [-0.2, 0) is 19.0 Å². The molecule has 9 heteroatoms. The van der Waals surface area contributed by atoms with Gasteiger partial charge in [-0.3, -0.25) is 9.59 Å².